The van der Waals surface area contributed by atoms with E-state index >= 15 is 0 Å². The molecule has 0 N–H and O–H groups in total. The Kier molecular flexibility index (Phi) is 6.43. The highest BCUT2D eigenvalue weighted by Crippen LogP contribution is 2.19. The van der Waals surface area contributed by atoms with Crippen LogP contribution in [0.2, 0.25) is 0 Å². The van der Waals surface area contributed by atoms with E-state index in [-0.39, 0.29) is 24.3 Å². The summed E-state index contributed by atoms with van der Waals surface area (Å²) in [4.78, 5) is 34.1. The van der Waals surface area contributed by atoms with Crippen LogP contribution in [0.5, 0.6) is 5.75 Å². The van der Waals surface area contributed by atoms with Crippen molar-refractivity contribution < 1.29 is 24.0 Å². The minimum Gasteiger partial charge on any atom is -0.493 e. The number of nitro groups is 1. The summed E-state index contributed by atoms with van der Waals surface area (Å²) in [6.07, 6.45) is -0.00469. The number of ether oxygens (including phenoxy) is 2. The van der Waals surface area contributed by atoms with E-state index in [1.807, 2.05) is 25.1 Å². The average Bonchev–Trinajstić information content (AvgIpc) is 2.60. The number of Topliss-reactive ketones (excluding diaryl/α,β-unsaturated/α-hetero) is 1. The molecule has 2 aromatic rings. The summed E-state index contributed by atoms with van der Waals surface area (Å²) >= 11 is 0. The first-order valence-corrected chi connectivity index (χ1v) is 8.00. The van der Waals surface area contributed by atoms with E-state index in [2.05, 4.69) is 0 Å². The maximum Gasteiger partial charge on any atom is 0.309 e. The zero-order chi connectivity index (χ0) is 19.1. The summed E-state index contributed by atoms with van der Waals surface area (Å²) in [6, 6.07) is 11.6. The van der Waals surface area contributed by atoms with Gasteiger partial charge in [-0.1, -0.05) is 24.3 Å². The number of carbonyl (C=O) groups is 2. The van der Waals surface area contributed by atoms with E-state index in [4.69, 9.17) is 9.47 Å². The molecule has 0 unspecified atom stereocenters. The number of hydrogen-bond acceptors (Lipinski definition) is 6. The molecule has 7 nitrogen and oxygen atoms in total. The summed E-state index contributed by atoms with van der Waals surface area (Å²) in [5.74, 6) is -0.422. The van der Waals surface area contributed by atoms with Gasteiger partial charge in [0.2, 0.25) is 5.78 Å². The Bertz CT molecular complexity index is 831. The van der Waals surface area contributed by atoms with Crippen LogP contribution < -0.4 is 4.74 Å². The third-order valence-electron chi connectivity index (χ3n) is 3.66. The van der Waals surface area contributed by atoms with Crippen LogP contribution in [-0.2, 0) is 9.53 Å². The largest absolute Gasteiger partial charge is 0.493 e. The molecule has 136 valence electrons. The van der Waals surface area contributed by atoms with Crippen molar-refractivity contribution in [1.29, 1.82) is 0 Å². The van der Waals surface area contributed by atoms with E-state index in [0.717, 1.165) is 5.56 Å². The second-order valence-corrected chi connectivity index (χ2v) is 5.76. The molecule has 0 aliphatic rings. The average molecular weight is 357 g/mol. The van der Waals surface area contributed by atoms with Gasteiger partial charge in [0.15, 0.2) is 6.61 Å². The molecule has 2 rings (SSSR count). The summed E-state index contributed by atoms with van der Waals surface area (Å²) in [7, 11) is 0. The molecular formula is C19H19NO6. The molecule has 0 aliphatic carbocycles. The molecule has 0 radical (unpaired) electrons. The number of rotatable bonds is 8. The van der Waals surface area contributed by atoms with Gasteiger partial charge in [-0.2, -0.15) is 0 Å². The van der Waals surface area contributed by atoms with Crippen molar-refractivity contribution in [2.45, 2.75) is 20.3 Å². The van der Waals surface area contributed by atoms with Gasteiger partial charge in [0.1, 0.15) is 5.75 Å². The first kappa shape index (κ1) is 19.1. The van der Waals surface area contributed by atoms with Crippen molar-refractivity contribution in [2.24, 2.45) is 0 Å². The first-order valence-electron chi connectivity index (χ1n) is 8.00. The normalized spacial score (nSPS) is 10.2. The van der Waals surface area contributed by atoms with Crippen molar-refractivity contribution in [2.75, 3.05) is 13.2 Å². The zero-order valence-electron chi connectivity index (χ0n) is 14.6. The molecule has 26 heavy (non-hydrogen) atoms. The second-order valence-electron chi connectivity index (χ2n) is 5.76. The second kappa shape index (κ2) is 8.75. The number of carbonyl (C=O) groups excluding carboxylic acids is 2. The highest BCUT2D eigenvalue weighted by atomic mass is 16.6. The summed E-state index contributed by atoms with van der Waals surface area (Å²) in [5.41, 5.74) is 1.49. The fourth-order valence-electron chi connectivity index (χ4n) is 2.24. The molecule has 0 bridgehead atoms. The van der Waals surface area contributed by atoms with Crippen LogP contribution in [0.4, 0.5) is 5.69 Å². The van der Waals surface area contributed by atoms with E-state index in [1.54, 1.807) is 13.0 Å². The SMILES string of the molecule is Cc1cccc(OCCC(=O)OCC(=O)c2ccc(C)c([N+](=O)[O-])c2)c1. The van der Waals surface area contributed by atoms with Crippen LogP contribution in [-0.4, -0.2) is 29.9 Å². The van der Waals surface area contributed by atoms with Crippen molar-refractivity contribution >= 4 is 17.4 Å². The first-order chi connectivity index (χ1) is 12.4. The quantitative estimate of drug-likeness (QED) is 0.311. The maximum absolute atomic E-state index is 12.0. The van der Waals surface area contributed by atoms with Crippen molar-refractivity contribution in [1.82, 2.24) is 0 Å². The Morgan fingerprint density at radius 1 is 1.12 bits per heavy atom. The smallest absolute Gasteiger partial charge is 0.309 e. The molecule has 7 heteroatoms. The van der Waals surface area contributed by atoms with Crippen LogP contribution in [0.15, 0.2) is 42.5 Å². The summed E-state index contributed by atoms with van der Waals surface area (Å²) in [5, 5.41) is 10.9. The lowest BCUT2D eigenvalue weighted by Crippen LogP contribution is -2.16. The number of benzene rings is 2. The molecule has 0 heterocycles. The van der Waals surface area contributed by atoms with E-state index < -0.39 is 23.3 Å². The van der Waals surface area contributed by atoms with Gasteiger partial charge in [0, 0.05) is 17.2 Å². The van der Waals surface area contributed by atoms with Gasteiger partial charge in [-0.15, -0.1) is 0 Å². The van der Waals surface area contributed by atoms with E-state index in [1.165, 1.54) is 18.2 Å². The molecular weight excluding hydrogens is 338 g/mol. The van der Waals surface area contributed by atoms with Gasteiger partial charge in [-0.05, 0) is 31.5 Å². The van der Waals surface area contributed by atoms with Crippen molar-refractivity contribution in [3.8, 4) is 5.75 Å². The van der Waals surface area contributed by atoms with Crippen LogP contribution in [0.1, 0.15) is 27.9 Å². The van der Waals surface area contributed by atoms with Crippen LogP contribution >= 0.6 is 0 Å². The fourth-order valence-corrected chi connectivity index (χ4v) is 2.24. The van der Waals surface area contributed by atoms with Gasteiger partial charge in [-0.25, -0.2) is 0 Å². The Morgan fingerprint density at radius 3 is 2.58 bits per heavy atom. The predicted octanol–water partition coefficient (Wildman–Crippen LogP) is 3.41. The van der Waals surface area contributed by atoms with Crippen molar-refractivity contribution in [3.05, 3.63) is 69.3 Å². The van der Waals surface area contributed by atoms with Crippen LogP contribution in [0.25, 0.3) is 0 Å². The Hall–Kier alpha value is -3.22. The van der Waals surface area contributed by atoms with Gasteiger partial charge in [0.05, 0.1) is 18.0 Å². The lowest BCUT2D eigenvalue weighted by atomic mass is 10.1. The molecule has 0 amide bonds. The third kappa shape index (κ3) is 5.41. The van der Waals surface area contributed by atoms with Crippen molar-refractivity contribution in [3.63, 3.8) is 0 Å². The van der Waals surface area contributed by atoms with Crippen LogP contribution in [0, 0.1) is 24.0 Å². The van der Waals surface area contributed by atoms with E-state index in [0.29, 0.717) is 11.3 Å². The molecule has 0 fully saturated rings. The Labute approximate surface area is 150 Å². The highest BCUT2D eigenvalue weighted by Gasteiger charge is 2.16. The monoisotopic (exact) mass is 357 g/mol. The summed E-state index contributed by atoms with van der Waals surface area (Å²) < 4.78 is 10.4. The Morgan fingerprint density at radius 2 is 1.88 bits per heavy atom. The molecule has 0 saturated carbocycles. The molecule has 0 atom stereocenters. The minimum atomic E-state index is -0.576. The van der Waals surface area contributed by atoms with Gasteiger partial charge < -0.3 is 9.47 Å². The third-order valence-corrected chi connectivity index (χ3v) is 3.66. The highest BCUT2D eigenvalue weighted by molar-refractivity contribution is 5.98. The number of nitro benzene ring substituents is 1. The minimum absolute atomic E-state index is 0.00469. The Balaban J connectivity index is 1.80. The van der Waals surface area contributed by atoms with Gasteiger partial charge in [-0.3, -0.25) is 19.7 Å². The number of hydrogen-bond donors (Lipinski definition) is 0. The maximum atomic E-state index is 12.0. The lowest BCUT2D eigenvalue weighted by molar-refractivity contribution is -0.385. The molecule has 0 aromatic heterocycles. The lowest BCUT2D eigenvalue weighted by Gasteiger charge is -2.07. The number of aryl methyl sites for hydroxylation is 2. The molecule has 0 spiro atoms. The van der Waals surface area contributed by atoms with Gasteiger partial charge in [0.25, 0.3) is 5.69 Å². The standard InChI is InChI=1S/C19H19NO6/c1-13-4-3-5-16(10-13)25-9-8-19(22)26-12-18(21)15-7-6-14(2)17(11-15)20(23)24/h3-7,10-11H,8-9,12H2,1-2H3. The molecule has 0 saturated heterocycles. The fraction of sp³-hybridized carbons (Fsp3) is 0.263. The number of nitrogens with zero attached hydrogens (tertiary/aromatic N) is 1. The van der Waals surface area contributed by atoms with Gasteiger partial charge >= 0.3 is 5.97 Å². The topological polar surface area (TPSA) is 95.7 Å². The number of esters is 1. The molecule has 2 aromatic carbocycles. The molecule has 0 aliphatic heterocycles. The van der Waals surface area contributed by atoms with Crippen LogP contribution in [0.3, 0.4) is 0 Å². The summed E-state index contributed by atoms with van der Waals surface area (Å²) in [6.45, 7) is 3.18. The predicted molar refractivity (Wildman–Crippen MR) is 94.4 cm³/mol. The van der Waals surface area contributed by atoms with E-state index in [9.17, 15) is 19.7 Å². The number of ketones is 1. The zero-order valence-corrected chi connectivity index (χ0v) is 14.6.